The number of alkyl carbamates (subject to hydrolysis) is 1. The zero-order chi connectivity index (χ0) is 18.1. The maximum atomic E-state index is 12.2. The molecule has 0 saturated carbocycles. The van der Waals surface area contributed by atoms with Crippen LogP contribution in [0.15, 0.2) is 6.07 Å². The van der Waals surface area contributed by atoms with Gasteiger partial charge in [-0.25, -0.2) is 4.79 Å². The molecule has 136 valence electrons. The van der Waals surface area contributed by atoms with Crippen LogP contribution in [-0.2, 0) is 11.2 Å². The van der Waals surface area contributed by atoms with Crippen LogP contribution in [0.25, 0.3) is 0 Å². The molecule has 3 N–H and O–H groups in total. The first-order valence-corrected chi connectivity index (χ1v) is 8.57. The fourth-order valence-electron chi connectivity index (χ4n) is 2.43. The Balaban J connectivity index is 2.56. The van der Waals surface area contributed by atoms with Crippen LogP contribution in [0.1, 0.15) is 57.2 Å². The maximum absolute atomic E-state index is 12.2. The molecule has 0 aliphatic carbocycles. The zero-order valence-corrected chi connectivity index (χ0v) is 15.3. The highest BCUT2D eigenvalue weighted by atomic mass is 16.5. The highest BCUT2D eigenvalue weighted by Gasteiger charge is 2.17. The van der Waals surface area contributed by atoms with Crippen molar-refractivity contribution in [2.75, 3.05) is 13.2 Å². The lowest BCUT2D eigenvalue weighted by Gasteiger charge is -2.20. The number of rotatable bonds is 9. The number of hydrogen-bond donors (Lipinski definition) is 3. The number of carbonyl (C=O) groups excluding carboxylic acids is 2. The molecular weight excluding hydrogens is 308 g/mol. The molecule has 0 aromatic carbocycles. The van der Waals surface area contributed by atoms with Gasteiger partial charge in [-0.15, -0.1) is 0 Å². The quantitative estimate of drug-likeness (QED) is 0.644. The van der Waals surface area contributed by atoms with E-state index < -0.39 is 6.09 Å². The largest absolute Gasteiger partial charge is 0.450 e. The first kappa shape index (κ1) is 20.0. The lowest BCUT2D eigenvalue weighted by Crippen LogP contribution is -2.44. The van der Waals surface area contributed by atoms with E-state index in [0.717, 1.165) is 18.5 Å². The molecule has 1 aromatic heterocycles. The predicted octanol–water partition coefficient (Wildman–Crippen LogP) is 2.50. The van der Waals surface area contributed by atoms with Gasteiger partial charge in [0.2, 0.25) is 0 Å². The van der Waals surface area contributed by atoms with E-state index in [2.05, 4.69) is 48.5 Å². The Hall–Kier alpha value is -2.05. The van der Waals surface area contributed by atoms with E-state index >= 15 is 0 Å². The van der Waals surface area contributed by atoms with E-state index in [9.17, 15) is 9.59 Å². The van der Waals surface area contributed by atoms with Crippen LogP contribution in [0, 0.1) is 11.8 Å². The zero-order valence-electron chi connectivity index (χ0n) is 15.3. The van der Waals surface area contributed by atoms with Crippen molar-refractivity contribution in [2.45, 2.75) is 53.5 Å². The maximum Gasteiger partial charge on any atom is 0.407 e. The van der Waals surface area contributed by atoms with Crippen LogP contribution in [0.5, 0.6) is 0 Å². The monoisotopic (exact) mass is 338 g/mol. The van der Waals surface area contributed by atoms with Crippen molar-refractivity contribution in [1.82, 2.24) is 20.8 Å². The Morgan fingerprint density at radius 3 is 2.54 bits per heavy atom. The van der Waals surface area contributed by atoms with Crippen LogP contribution < -0.4 is 10.6 Å². The van der Waals surface area contributed by atoms with E-state index in [1.165, 1.54) is 0 Å². The topological polar surface area (TPSA) is 96.1 Å². The van der Waals surface area contributed by atoms with Gasteiger partial charge in [-0.1, -0.05) is 27.7 Å². The molecule has 1 heterocycles. The number of carbonyl (C=O) groups is 2. The molecule has 1 rings (SSSR count). The highest BCUT2D eigenvalue weighted by molar-refractivity contribution is 5.92. The summed E-state index contributed by atoms with van der Waals surface area (Å²) in [5.74, 6) is 0.628. The van der Waals surface area contributed by atoms with E-state index in [1.807, 2.05) is 0 Å². The van der Waals surface area contributed by atoms with Crippen molar-refractivity contribution in [3.8, 4) is 0 Å². The van der Waals surface area contributed by atoms with Crippen LogP contribution in [0.2, 0.25) is 0 Å². The molecule has 2 amide bonds. The van der Waals surface area contributed by atoms with E-state index in [-0.39, 0.29) is 11.9 Å². The summed E-state index contributed by atoms with van der Waals surface area (Å²) in [6, 6.07) is 1.59. The average Bonchev–Trinajstić information content (AvgIpc) is 2.91. The fourth-order valence-corrected chi connectivity index (χ4v) is 2.43. The second-order valence-electron chi connectivity index (χ2n) is 6.78. The van der Waals surface area contributed by atoms with Gasteiger partial charge in [-0.3, -0.25) is 9.89 Å². The van der Waals surface area contributed by atoms with Gasteiger partial charge in [0.15, 0.2) is 0 Å². The molecule has 0 saturated heterocycles. The number of hydrogen-bond acceptors (Lipinski definition) is 4. The molecule has 1 unspecified atom stereocenters. The first-order valence-electron chi connectivity index (χ1n) is 8.57. The van der Waals surface area contributed by atoms with Crippen LogP contribution in [-0.4, -0.2) is 41.4 Å². The minimum absolute atomic E-state index is 0.179. The molecule has 7 heteroatoms. The molecule has 24 heavy (non-hydrogen) atoms. The molecule has 0 radical (unpaired) electrons. The number of ether oxygens (including phenoxy) is 1. The normalized spacial score (nSPS) is 12.3. The number of aromatic nitrogens is 2. The highest BCUT2D eigenvalue weighted by Crippen LogP contribution is 2.08. The summed E-state index contributed by atoms with van der Waals surface area (Å²) >= 11 is 0. The predicted molar refractivity (Wildman–Crippen MR) is 92.9 cm³/mol. The van der Waals surface area contributed by atoms with Gasteiger partial charge < -0.3 is 15.4 Å². The van der Waals surface area contributed by atoms with Crippen LogP contribution in [0.3, 0.4) is 0 Å². The summed E-state index contributed by atoms with van der Waals surface area (Å²) in [5, 5.41) is 12.5. The van der Waals surface area contributed by atoms with Gasteiger partial charge in [0.25, 0.3) is 5.91 Å². The summed E-state index contributed by atoms with van der Waals surface area (Å²) in [5.41, 5.74) is 1.31. The first-order chi connectivity index (χ1) is 11.3. The average molecular weight is 338 g/mol. The Morgan fingerprint density at radius 1 is 1.25 bits per heavy atom. The van der Waals surface area contributed by atoms with Crippen molar-refractivity contribution < 1.29 is 14.3 Å². The smallest absolute Gasteiger partial charge is 0.407 e. The van der Waals surface area contributed by atoms with E-state index in [1.54, 1.807) is 13.0 Å². The molecule has 0 fully saturated rings. The molecule has 1 aromatic rings. The van der Waals surface area contributed by atoms with Crippen molar-refractivity contribution in [3.63, 3.8) is 0 Å². The lowest BCUT2D eigenvalue weighted by molar-refractivity contribution is 0.0939. The SMILES string of the molecule is CCOC(=O)NC(CNC(=O)c1cc(CC(C)C)[nH]n1)CC(C)C. The van der Waals surface area contributed by atoms with Gasteiger partial charge in [0.1, 0.15) is 5.69 Å². The Morgan fingerprint density at radius 2 is 1.96 bits per heavy atom. The summed E-state index contributed by atoms with van der Waals surface area (Å²) in [4.78, 5) is 23.8. The Bertz CT molecular complexity index is 526. The van der Waals surface area contributed by atoms with Crippen molar-refractivity contribution >= 4 is 12.0 Å². The molecule has 0 spiro atoms. The van der Waals surface area contributed by atoms with Gasteiger partial charge in [0.05, 0.1) is 6.61 Å². The second-order valence-corrected chi connectivity index (χ2v) is 6.78. The summed E-state index contributed by atoms with van der Waals surface area (Å²) < 4.78 is 4.91. The summed E-state index contributed by atoms with van der Waals surface area (Å²) in [7, 11) is 0. The van der Waals surface area contributed by atoms with Gasteiger partial charge in [-0.2, -0.15) is 5.10 Å². The third kappa shape index (κ3) is 7.48. The van der Waals surface area contributed by atoms with Crippen LogP contribution in [0.4, 0.5) is 4.79 Å². The molecule has 0 aliphatic heterocycles. The third-order valence-electron chi connectivity index (χ3n) is 3.35. The van der Waals surface area contributed by atoms with Crippen molar-refractivity contribution in [3.05, 3.63) is 17.5 Å². The summed E-state index contributed by atoms with van der Waals surface area (Å²) in [6.07, 6.45) is 1.13. The molecule has 0 bridgehead atoms. The number of H-pyrrole nitrogens is 1. The molecule has 7 nitrogen and oxygen atoms in total. The summed E-state index contributed by atoms with van der Waals surface area (Å²) in [6.45, 7) is 10.8. The number of aromatic amines is 1. The van der Waals surface area contributed by atoms with Crippen molar-refractivity contribution in [2.24, 2.45) is 11.8 Å². The number of amides is 2. The van der Waals surface area contributed by atoms with E-state index in [4.69, 9.17) is 4.74 Å². The third-order valence-corrected chi connectivity index (χ3v) is 3.35. The minimum atomic E-state index is -0.462. The standard InChI is InChI=1S/C17H30N4O3/c1-6-24-17(23)19-14(8-12(4)5)10-18-16(22)15-9-13(20-21-15)7-11(2)3/h9,11-12,14H,6-8,10H2,1-5H3,(H,18,22)(H,19,23)(H,20,21). The molecule has 0 aliphatic rings. The number of nitrogens with zero attached hydrogens (tertiary/aromatic N) is 1. The van der Waals surface area contributed by atoms with Gasteiger partial charge >= 0.3 is 6.09 Å². The Kier molecular flexibility index (Phi) is 8.29. The Labute approximate surface area is 143 Å². The van der Waals surface area contributed by atoms with E-state index in [0.29, 0.717) is 30.7 Å². The van der Waals surface area contributed by atoms with Gasteiger partial charge in [0, 0.05) is 18.3 Å². The van der Waals surface area contributed by atoms with Gasteiger partial charge in [-0.05, 0) is 37.7 Å². The fraction of sp³-hybridized carbons (Fsp3) is 0.706. The van der Waals surface area contributed by atoms with Crippen molar-refractivity contribution in [1.29, 1.82) is 0 Å². The van der Waals surface area contributed by atoms with Crippen LogP contribution >= 0.6 is 0 Å². The minimum Gasteiger partial charge on any atom is -0.450 e. The molecular formula is C17H30N4O3. The number of nitrogens with one attached hydrogen (secondary N) is 3. The molecule has 1 atom stereocenters. The lowest BCUT2D eigenvalue weighted by atomic mass is 10.0. The second kappa shape index (κ2) is 9.95.